The van der Waals surface area contributed by atoms with Crippen molar-refractivity contribution in [2.75, 3.05) is 19.0 Å². The van der Waals surface area contributed by atoms with Crippen molar-refractivity contribution in [3.63, 3.8) is 0 Å². The molecule has 156 valence electrons. The number of carbonyl (C=O) groups excluding carboxylic acids is 1. The molecule has 0 bridgehead atoms. The average Bonchev–Trinajstić information content (AvgIpc) is 2.75. The highest BCUT2D eigenvalue weighted by Gasteiger charge is 2.12. The van der Waals surface area contributed by atoms with Gasteiger partial charge in [0.2, 0.25) is 0 Å². The SMILES string of the molecule is CCOc1ccc(C(=O)Nc2cccc(OC)c2)cc1COc1ccc(Cl)c(C)c1. The number of rotatable bonds is 8. The minimum Gasteiger partial charge on any atom is -0.497 e. The Morgan fingerprint density at radius 1 is 1.00 bits per heavy atom. The molecule has 3 rings (SSSR count). The third-order valence-corrected chi connectivity index (χ3v) is 4.90. The van der Waals surface area contributed by atoms with Gasteiger partial charge in [0.25, 0.3) is 5.91 Å². The molecule has 0 aliphatic heterocycles. The van der Waals surface area contributed by atoms with Crippen LogP contribution in [0.4, 0.5) is 5.69 Å². The van der Waals surface area contributed by atoms with E-state index in [1.807, 2.05) is 44.2 Å². The van der Waals surface area contributed by atoms with E-state index in [0.717, 1.165) is 11.1 Å². The Morgan fingerprint density at radius 3 is 2.57 bits per heavy atom. The first-order chi connectivity index (χ1) is 14.5. The molecule has 0 aromatic heterocycles. The number of benzene rings is 3. The third kappa shape index (κ3) is 5.45. The first kappa shape index (κ1) is 21.5. The Balaban J connectivity index is 1.78. The molecule has 1 N–H and O–H groups in total. The van der Waals surface area contributed by atoms with Gasteiger partial charge in [0.15, 0.2) is 0 Å². The molecule has 1 amide bonds. The van der Waals surface area contributed by atoms with Crippen LogP contribution in [-0.2, 0) is 6.61 Å². The van der Waals surface area contributed by atoms with Gasteiger partial charge >= 0.3 is 0 Å². The maximum atomic E-state index is 12.7. The Kier molecular flexibility index (Phi) is 7.20. The topological polar surface area (TPSA) is 56.8 Å². The van der Waals surface area contributed by atoms with E-state index in [9.17, 15) is 4.79 Å². The lowest BCUT2D eigenvalue weighted by Gasteiger charge is -2.14. The van der Waals surface area contributed by atoms with Gasteiger partial charge in [-0.1, -0.05) is 17.7 Å². The number of ether oxygens (including phenoxy) is 3. The van der Waals surface area contributed by atoms with E-state index in [4.69, 9.17) is 25.8 Å². The van der Waals surface area contributed by atoms with Crippen molar-refractivity contribution in [1.29, 1.82) is 0 Å². The van der Waals surface area contributed by atoms with Gasteiger partial charge < -0.3 is 19.5 Å². The van der Waals surface area contributed by atoms with E-state index in [1.54, 1.807) is 37.4 Å². The molecule has 0 unspecified atom stereocenters. The fraction of sp³-hybridized carbons (Fsp3) is 0.208. The lowest BCUT2D eigenvalue weighted by molar-refractivity contribution is 0.102. The van der Waals surface area contributed by atoms with Crippen LogP contribution < -0.4 is 19.5 Å². The second-order valence-electron chi connectivity index (χ2n) is 6.64. The molecule has 0 aliphatic carbocycles. The lowest BCUT2D eigenvalue weighted by Crippen LogP contribution is -2.13. The van der Waals surface area contributed by atoms with Crippen LogP contribution in [0.3, 0.4) is 0 Å². The number of methoxy groups -OCH3 is 1. The highest BCUT2D eigenvalue weighted by atomic mass is 35.5. The highest BCUT2D eigenvalue weighted by molar-refractivity contribution is 6.31. The summed E-state index contributed by atoms with van der Waals surface area (Å²) >= 11 is 6.08. The zero-order valence-corrected chi connectivity index (χ0v) is 18.0. The van der Waals surface area contributed by atoms with Gasteiger partial charge in [-0.15, -0.1) is 0 Å². The number of hydrogen-bond donors (Lipinski definition) is 1. The van der Waals surface area contributed by atoms with E-state index in [2.05, 4.69) is 5.32 Å². The minimum absolute atomic E-state index is 0.227. The van der Waals surface area contributed by atoms with Crippen LogP contribution in [0.2, 0.25) is 5.02 Å². The van der Waals surface area contributed by atoms with Crippen LogP contribution in [0.5, 0.6) is 17.2 Å². The maximum absolute atomic E-state index is 12.7. The average molecular weight is 426 g/mol. The van der Waals surface area contributed by atoms with Crippen molar-refractivity contribution in [2.45, 2.75) is 20.5 Å². The van der Waals surface area contributed by atoms with E-state index in [0.29, 0.717) is 40.1 Å². The summed E-state index contributed by atoms with van der Waals surface area (Å²) < 4.78 is 16.8. The smallest absolute Gasteiger partial charge is 0.255 e. The molecule has 0 heterocycles. The molecule has 0 saturated carbocycles. The van der Waals surface area contributed by atoms with Crippen molar-refractivity contribution in [3.05, 3.63) is 82.4 Å². The van der Waals surface area contributed by atoms with E-state index >= 15 is 0 Å². The molecule has 0 saturated heterocycles. The summed E-state index contributed by atoms with van der Waals surface area (Å²) in [5.41, 5.74) is 2.88. The van der Waals surface area contributed by atoms with E-state index < -0.39 is 0 Å². The number of nitrogens with one attached hydrogen (secondary N) is 1. The van der Waals surface area contributed by atoms with Crippen molar-refractivity contribution < 1.29 is 19.0 Å². The van der Waals surface area contributed by atoms with Crippen molar-refractivity contribution >= 4 is 23.2 Å². The fourth-order valence-electron chi connectivity index (χ4n) is 2.90. The molecule has 0 spiro atoms. The van der Waals surface area contributed by atoms with Gasteiger partial charge in [0.1, 0.15) is 23.9 Å². The standard InChI is InChI=1S/C24H24ClNO4/c1-4-29-23-11-8-17(24(27)26-19-6-5-7-20(14-19)28-3)13-18(23)15-30-21-9-10-22(25)16(2)12-21/h5-14H,4,15H2,1-3H3,(H,26,27). The molecule has 0 radical (unpaired) electrons. The minimum atomic E-state index is -0.227. The Hall–Kier alpha value is -3.18. The first-order valence-electron chi connectivity index (χ1n) is 9.60. The third-order valence-electron chi connectivity index (χ3n) is 4.47. The summed E-state index contributed by atoms with van der Waals surface area (Å²) in [7, 11) is 1.59. The van der Waals surface area contributed by atoms with Gasteiger partial charge in [0.05, 0.1) is 13.7 Å². The molecule has 3 aromatic carbocycles. The predicted octanol–water partition coefficient (Wildman–Crippen LogP) is 5.89. The second kappa shape index (κ2) is 10.0. The molecule has 0 atom stereocenters. The molecule has 5 nitrogen and oxygen atoms in total. The maximum Gasteiger partial charge on any atom is 0.255 e. The normalized spacial score (nSPS) is 10.4. The largest absolute Gasteiger partial charge is 0.497 e. The van der Waals surface area contributed by atoms with Gasteiger partial charge in [-0.3, -0.25) is 4.79 Å². The quantitative estimate of drug-likeness (QED) is 0.489. The molecule has 0 fully saturated rings. The summed E-state index contributed by atoms with van der Waals surface area (Å²) in [5.74, 6) is 1.83. The number of aryl methyl sites for hydroxylation is 1. The highest BCUT2D eigenvalue weighted by Crippen LogP contribution is 2.26. The summed E-state index contributed by atoms with van der Waals surface area (Å²) in [6.45, 7) is 4.61. The second-order valence-corrected chi connectivity index (χ2v) is 7.05. The molecule has 30 heavy (non-hydrogen) atoms. The number of amides is 1. The van der Waals surface area contributed by atoms with Crippen LogP contribution in [0.25, 0.3) is 0 Å². The van der Waals surface area contributed by atoms with Gasteiger partial charge in [-0.2, -0.15) is 0 Å². The molecule has 0 aliphatic rings. The van der Waals surface area contributed by atoms with Gasteiger partial charge in [0, 0.05) is 27.9 Å². The van der Waals surface area contributed by atoms with Crippen molar-refractivity contribution in [3.8, 4) is 17.2 Å². The fourth-order valence-corrected chi connectivity index (χ4v) is 3.02. The number of hydrogen-bond acceptors (Lipinski definition) is 4. The number of anilines is 1. The van der Waals surface area contributed by atoms with Crippen LogP contribution in [0.1, 0.15) is 28.4 Å². The van der Waals surface area contributed by atoms with Crippen LogP contribution in [0.15, 0.2) is 60.7 Å². The Labute approximate surface area is 181 Å². The Bertz CT molecular complexity index is 1040. The van der Waals surface area contributed by atoms with Crippen molar-refractivity contribution in [2.24, 2.45) is 0 Å². The van der Waals surface area contributed by atoms with Crippen LogP contribution in [0, 0.1) is 6.92 Å². The lowest BCUT2D eigenvalue weighted by atomic mass is 10.1. The zero-order valence-electron chi connectivity index (χ0n) is 17.2. The Morgan fingerprint density at radius 2 is 1.83 bits per heavy atom. The summed E-state index contributed by atoms with van der Waals surface area (Å²) in [6, 6.07) is 18.0. The van der Waals surface area contributed by atoms with Gasteiger partial charge in [-0.25, -0.2) is 0 Å². The number of halogens is 1. The first-order valence-corrected chi connectivity index (χ1v) is 9.98. The van der Waals surface area contributed by atoms with Crippen LogP contribution in [-0.4, -0.2) is 19.6 Å². The molecule has 3 aromatic rings. The number of carbonyl (C=O) groups is 1. The van der Waals surface area contributed by atoms with Crippen molar-refractivity contribution in [1.82, 2.24) is 0 Å². The molecule has 6 heteroatoms. The molecular weight excluding hydrogens is 402 g/mol. The summed E-state index contributed by atoms with van der Waals surface area (Å²) in [4.78, 5) is 12.7. The monoisotopic (exact) mass is 425 g/mol. The summed E-state index contributed by atoms with van der Waals surface area (Å²) in [6.07, 6.45) is 0. The zero-order chi connectivity index (χ0) is 21.5. The molecular formula is C24H24ClNO4. The van der Waals surface area contributed by atoms with Gasteiger partial charge in [-0.05, 0) is 67.9 Å². The van der Waals surface area contributed by atoms with E-state index in [1.165, 1.54) is 0 Å². The summed E-state index contributed by atoms with van der Waals surface area (Å²) in [5, 5.41) is 3.57. The van der Waals surface area contributed by atoms with Crippen LogP contribution >= 0.6 is 11.6 Å². The predicted molar refractivity (Wildman–Crippen MR) is 119 cm³/mol. The van der Waals surface area contributed by atoms with E-state index in [-0.39, 0.29) is 12.5 Å².